The molecule has 0 fully saturated rings. The maximum Gasteiger partial charge on any atom is 0.317 e. The summed E-state index contributed by atoms with van der Waals surface area (Å²) in [7, 11) is 3.36. The molecule has 0 saturated heterocycles. The van der Waals surface area contributed by atoms with Crippen molar-refractivity contribution >= 4 is 5.97 Å². The summed E-state index contributed by atoms with van der Waals surface area (Å²) >= 11 is 0. The monoisotopic (exact) mass is 475 g/mol. The number of nitrogens with zero attached hydrogens (tertiary/aromatic N) is 3. The first kappa shape index (κ1) is 24.3. The number of rotatable bonds is 9. The highest BCUT2D eigenvalue weighted by Gasteiger charge is 2.16. The first-order valence-corrected chi connectivity index (χ1v) is 11.1. The molecule has 3 aromatic carbocycles. The molecule has 4 rings (SSSR count). The van der Waals surface area contributed by atoms with E-state index in [1.807, 2.05) is 49.4 Å². The lowest BCUT2D eigenvalue weighted by molar-refractivity contribution is -0.138. The van der Waals surface area contributed by atoms with E-state index in [4.69, 9.17) is 14.4 Å². The van der Waals surface area contributed by atoms with Gasteiger partial charge in [0, 0.05) is 24.8 Å². The first-order chi connectivity index (χ1) is 16.8. The van der Waals surface area contributed by atoms with Gasteiger partial charge < -0.3 is 14.4 Å². The van der Waals surface area contributed by atoms with Crippen molar-refractivity contribution in [2.75, 3.05) is 20.7 Å². The van der Waals surface area contributed by atoms with Crippen molar-refractivity contribution in [2.24, 2.45) is 0 Å². The van der Waals surface area contributed by atoms with Crippen molar-refractivity contribution in [3.8, 4) is 34.0 Å². The van der Waals surface area contributed by atoms with Crippen LogP contribution in [0.2, 0.25) is 0 Å². The van der Waals surface area contributed by atoms with Gasteiger partial charge in [-0.3, -0.25) is 9.69 Å². The number of carbonyl (C=O) groups is 1. The van der Waals surface area contributed by atoms with Crippen LogP contribution in [-0.4, -0.2) is 46.8 Å². The van der Waals surface area contributed by atoms with Crippen LogP contribution in [0.4, 0.5) is 4.39 Å². The molecule has 0 aliphatic carbocycles. The number of methoxy groups -OCH3 is 1. The number of benzene rings is 3. The second kappa shape index (κ2) is 10.6. The van der Waals surface area contributed by atoms with Gasteiger partial charge in [0.25, 0.3) is 5.89 Å². The van der Waals surface area contributed by atoms with Crippen LogP contribution in [0.5, 0.6) is 0 Å². The van der Waals surface area contributed by atoms with E-state index in [0.717, 1.165) is 38.9 Å². The molecule has 0 bridgehead atoms. The quantitative estimate of drug-likeness (QED) is 0.357. The molecular formula is C27H26FN3O4. The van der Waals surface area contributed by atoms with Gasteiger partial charge >= 0.3 is 5.97 Å². The Labute approximate surface area is 202 Å². The van der Waals surface area contributed by atoms with Gasteiger partial charge in [-0.1, -0.05) is 35.5 Å². The summed E-state index contributed by atoms with van der Waals surface area (Å²) in [6, 6.07) is 18.0. The fourth-order valence-corrected chi connectivity index (χ4v) is 4.01. The fourth-order valence-electron chi connectivity index (χ4n) is 4.01. The minimum atomic E-state index is -0.877. The zero-order valence-corrected chi connectivity index (χ0v) is 19.8. The third kappa shape index (κ3) is 5.79. The SMILES string of the molecule is COCc1cc(-c2nc(-c3cccc(CN(C)CC(=O)O)c3)no2)ccc1-c1cc(F)ccc1C. The molecule has 0 aliphatic rings. The van der Waals surface area contributed by atoms with Gasteiger partial charge in [-0.25, -0.2) is 4.39 Å². The third-order valence-corrected chi connectivity index (χ3v) is 5.61. The van der Waals surface area contributed by atoms with Crippen LogP contribution in [0, 0.1) is 12.7 Å². The number of aromatic nitrogens is 2. The Morgan fingerprint density at radius 2 is 1.91 bits per heavy atom. The van der Waals surface area contributed by atoms with Gasteiger partial charge in [0.15, 0.2) is 0 Å². The van der Waals surface area contributed by atoms with Crippen molar-refractivity contribution in [1.82, 2.24) is 15.0 Å². The zero-order chi connectivity index (χ0) is 24.9. The van der Waals surface area contributed by atoms with Crippen LogP contribution in [-0.2, 0) is 22.7 Å². The molecule has 0 saturated carbocycles. The molecule has 0 radical (unpaired) electrons. The number of ether oxygens (including phenoxy) is 1. The molecule has 7 nitrogen and oxygen atoms in total. The highest BCUT2D eigenvalue weighted by Crippen LogP contribution is 2.32. The molecule has 1 N–H and O–H groups in total. The molecule has 1 aromatic heterocycles. The summed E-state index contributed by atoms with van der Waals surface area (Å²) in [4.78, 5) is 17.2. The van der Waals surface area contributed by atoms with Crippen LogP contribution in [0.25, 0.3) is 34.0 Å². The van der Waals surface area contributed by atoms with Crippen LogP contribution < -0.4 is 0 Å². The standard InChI is InChI=1S/C27H26FN3O4/c1-17-7-9-22(28)13-24(17)23-10-8-20(12-21(23)16-34-3)27-29-26(30-35-27)19-6-4-5-18(11-19)14-31(2)15-25(32)33/h4-13H,14-16H2,1-3H3,(H,32,33). The highest BCUT2D eigenvalue weighted by atomic mass is 19.1. The van der Waals surface area contributed by atoms with Gasteiger partial charge in [0.2, 0.25) is 5.82 Å². The Bertz CT molecular complexity index is 1350. The molecule has 0 atom stereocenters. The van der Waals surface area contributed by atoms with Crippen molar-refractivity contribution in [1.29, 1.82) is 0 Å². The van der Waals surface area contributed by atoms with Crippen molar-refractivity contribution < 1.29 is 23.6 Å². The molecule has 35 heavy (non-hydrogen) atoms. The van der Waals surface area contributed by atoms with Crippen LogP contribution >= 0.6 is 0 Å². The van der Waals surface area contributed by atoms with E-state index in [-0.39, 0.29) is 12.4 Å². The second-order valence-electron chi connectivity index (χ2n) is 8.45. The Balaban J connectivity index is 1.62. The topological polar surface area (TPSA) is 88.7 Å². The average Bonchev–Trinajstić information content (AvgIpc) is 3.31. The van der Waals surface area contributed by atoms with Crippen LogP contribution in [0.3, 0.4) is 0 Å². The van der Waals surface area contributed by atoms with Crippen LogP contribution in [0.1, 0.15) is 16.7 Å². The number of aryl methyl sites for hydroxylation is 1. The zero-order valence-electron chi connectivity index (χ0n) is 19.8. The van der Waals surface area contributed by atoms with Crippen LogP contribution in [0.15, 0.2) is 65.2 Å². The fraction of sp³-hybridized carbons (Fsp3) is 0.222. The van der Waals surface area contributed by atoms with Crippen molar-refractivity contribution in [3.63, 3.8) is 0 Å². The van der Waals surface area contributed by atoms with E-state index in [9.17, 15) is 9.18 Å². The molecule has 8 heteroatoms. The minimum absolute atomic E-state index is 0.0501. The Hall–Kier alpha value is -3.88. The lowest BCUT2D eigenvalue weighted by Gasteiger charge is -2.14. The van der Waals surface area contributed by atoms with Gasteiger partial charge in [0.05, 0.1) is 13.2 Å². The summed E-state index contributed by atoms with van der Waals surface area (Å²) in [6.45, 7) is 2.71. The number of hydrogen-bond acceptors (Lipinski definition) is 6. The number of carboxylic acid groups (broad SMARTS) is 1. The first-order valence-electron chi connectivity index (χ1n) is 11.1. The lowest BCUT2D eigenvalue weighted by atomic mass is 9.94. The number of hydrogen-bond donors (Lipinski definition) is 1. The van der Waals surface area contributed by atoms with E-state index in [1.165, 1.54) is 12.1 Å². The van der Waals surface area contributed by atoms with Gasteiger partial charge in [0.1, 0.15) is 5.82 Å². The molecular weight excluding hydrogens is 449 g/mol. The number of halogens is 1. The van der Waals surface area contributed by atoms with Crippen molar-refractivity contribution in [2.45, 2.75) is 20.1 Å². The third-order valence-electron chi connectivity index (χ3n) is 5.61. The predicted molar refractivity (Wildman–Crippen MR) is 130 cm³/mol. The normalized spacial score (nSPS) is 11.2. The predicted octanol–water partition coefficient (Wildman–Crippen LogP) is 5.18. The van der Waals surface area contributed by atoms with E-state index in [2.05, 4.69) is 10.1 Å². The van der Waals surface area contributed by atoms with Gasteiger partial charge in [-0.05, 0) is 72.1 Å². The Morgan fingerprint density at radius 1 is 1.09 bits per heavy atom. The highest BCUT2D eigenvalue weighted by molar-refractivity contribution is 5.74. The summed E-state index contributed by atoms with van der Waals surface area (Å²) in [5, 5.41) is 13.1. The maximum atomic E-state index is 13.9. The number of likely N-dealkylation sites (N-methyl/N-ethyl adjacent to an activating group) is 1. The minimum Gasteiger partial charge on any atom is -0.480 e. The maximum absolute atomic E-state index is 13.9. The summed E-state index contributed by atoms with van der Waals surface area (Å²) < 4.78 is 24.9. The molecule has 4 aromatic rings. The van der Waals surface area contributed by atoms with Gasteiger partial charge in [-0.15, -0.1) is 0 Å². The van der Waals surface area contributed by atoms with Gasteiger partial charge in [-0.2, -0.15) is 4.98 Å². The summed E-state index contributed by atoms with van der Waals surface area (Å²) in [6.07, 6.45) is 0. The summed E-state index contributed by atoms with van der Waals surface area (Å²) in [5.41, 5.74) is 5.96. The Kier molecular flexibility index (Phi) is 7.33. The van der Waals surface area contributed by atoms with E-state index < -0.39 is 5.97 Å². The number of aliphatic carboxylic acids is 1. The van der Waals surface area contributed by atoms with Crippen molar-refractivity contribution in [3.05, 3.63) is 83.2 Å². The van der Waals surface area contributed by atoms with E-state index >= 15 is 0 Å². The van der Waals surface area contributed by atoms with E-state index in [1.54, 1.807) is 25.1 Å². The van der Waals surface area contributed by atoms with E-state index in [0.29, 0.717) is 24.9 Å². The molecule has 1 heterocycles. The molecule has 0 unspecified atom stereocenters. The lowest BCUT2D eigenvalue weighted by Crippen LogP contribution is -2.25. The molecule has 0 spiro atoms. The second-order valence-corrected chi connectivity index (χ2v) is 8.45. The smallest absolute Gasteiger partial charge is 0.317 e. The molecule has 0 amide bonds. The largest absolute Gasteiger partial charge is 0.480 e. The molecule has 180 valence electrons. The number of carboxylic acids is 1. The average molecular weight is 476 g/mol. The molecule has 0 aliphatic heterocycles. The Morgan fingerprint density at radius 3 is 2.69 bits per heavy atom. The summed E-state index contributed by atoms with van der Waals surface area (Å²) in [5.74, 6) is -0.386.